The standard InChI is InChI=1S/C14H14N4OS/c1-8-7-15-14(20-8)9(2)16-13(19)12-10-5-3-4-6-11(10)17-18-12/h3-7,9H,1-2H3,(H,16,19)(H,17,18). The highest BCUT2D eigenvalue weighted by atomic mass is 32.1. The Morgan fingerprint density at radius 1 is 1.40 bits per heavy atom. The molecule has 0 aliphatic carbocycles. The van der Waals surface area contributed by atoms with Gasteiger partial charge in [-0.2, -0.15) is 5.10 Å². The number of aromatic amines is 1. The normalized spacial score (nSPS) is 12.5. The highest BCUT2D eigenvalue weighted by molar-refractivity contribution is 7.11. The number of carbonyl (C=O) groups is 1. The number of hydrogen-bond acceptors (Lipinski definition) is 4. The summed E-state index contributed by atoms with van der Waals surface area (Å²) in [6.07, 6.45) is 1.81. The molecule has 0 aliphatic rings. The fourth-order valence-electron chi connectivity index (χ4n) is 2.04. The van der Waals surface area contributed by atoms with Gasteiger partial charge in [0.1, 0.15) is 5.01 Å². The number of nitrogens with one attached hydrogen (secondary N) is 2. The van der Waals surface area contributed by atoms with E-state index in [1.807, 2.05) is 44.3 Å². The minimum atomic E-state index is -0.192. The number of hydrogen-bond donors (Lipinski definition) is 2. The van der Waals surface area contributed by atoms with Crippen molar-refractivity contribution in [2.24, 2.45) is 0 Å². The molecule has 5 nitrogen and oxygen atoms in total. The van der Waals surface area contributed by atoms with Crippen LogP contribution in [0, 0.1) is 6.92 Å². The van der Waals surface area contributed by atoms with E-state index in [0.717, 1.165) is 20.8 Å². The van der Waals surface area contributed by atoms with Gasteiger partial charge in [-0.3, -0.25) is 9.89 Å². The molecule has 2 N–H and O–H groups in total. The predicted octanol–water partition coefficient (Wildman–Crippen LogP) is 2.82. The number of rotatable bonds is 3. The Kier molecular flexibility index (Phi) is 3.23. The number of nitrogens with zero attached hydrogens (tertiary/aromatic N) is 2. The molecule has 0 saturated heterocycles. The molecule has 102 valence electrons. The molecule has 0 spiro atoms. The Balaban J connectivity index is 1.82. The lowest BCUT2D eigenvalue weighted by Gasteiger charge is -2.09. The third-order valence-electron chi connectivity index (χ3n) is 3.04. The highest BCUT2D eigenvalue weighted by Crippen LogP contribution is 2.20. The van der Waals surface area contributed by atoms with Gasteiger partial charge in [-0.05, 0) is 19.9 Å². The van der Waals surface area contributed by atoms with Crippen LogP contribution >= 0.6 is 11.3 Å². The Hall–Kier alpha value is -2.21. The van der Waals surface area contributed by atoms with E-state index in [4.69, 9.17) is 0 Å². The SMILES string of the molecule is Cc1cnc(C(C)NC(=O)c2n[nH]c3ccccc23)s1. The fourth-order valence-corrected chi connectivity index (χ4v) is 2.81. The zero-order chi connectivity index (χ0) is 14.1. The quantitative estimate of drug-likeness (QED) is 0.777. The largest absolute Gasteiger partial charge is 0.342 e. The summed E-state index contributed by atoms with van der Waals surface area (Å²) in [5, 5.41) is 11.6. The minimum Gasteiger partial charge on any atom is -0.342 e. The van der Waals surface area contributed by atoms with Gasteiger partial charge in [0.25, 0.3) is 5.91 Å². The summed E-state index contributed by atoms with van der Waals surface area (Å²) < 4.78 is 0. The molecular weight excluding hydrogens is 272 g/mol. The second kappa shape index (κ2) is 5.05. The van der Waals surface area contributed by atoms with Crippen molar-refractivity contribution in [3.63, 3.8) is 0 Å². The Labute approximate surface area is 120 Å². The first-order valence-corrected chi connectivity index (χ1v) is 7.13. The van der Waals surface area contributed by atoms with Gasteiger partial charge >= 0.3 is 0 Å². The van der Waals surface area contributed by atoms with Gasteiger partial charge in [-0.1, -0.05) is 18.2 Å². The molecule has 0 aliphatic heterocycles. The summed E-state index contributed by atoms with van der Waals surface area (Å²) in [5.74, 6) is -0.192. The average molecular weight is 286 g/mol. The second-order valence-electron chi connectivity index (χ2n) is 4.62. The van der Waals surface area contributed by atoms with Crippen LogP contribution in [-0.2, 0) is 0 Å². The van der Waals surface area contributed by atoms with E-state index < -0.39 is 0 Å². The van der Waals surface area contributed by atoms with Crippen molar-refractivity contribution in [1.82, 2.24) is 20.5 Å². The van der Waals surface area contributed by atoms with E-state index in [2.05, 4.69) is 20.5 Å². The third-order valence-corrected chi connectivity index (χ3v) is 4.14. The van der Waals surface area contributed by atoms with Gasteiger partial charge in [-0.15, -0.1) is 11.3 Å². The summed E-state index contributed by atoms with van der Waals surface area (Å²) in [6.45, 7) is 3.92. The Morgan fingerprint density at radius 2 is 2.20 bits per heavy atom. The molecule has 6 heteroatoms. The number of para-hydroxylation sites is 1. The lowest BCUT2D eigenvalue weighted by atomic mass is 10.2. The van der Waals surface area contributed by atoms with Gasteiger partial charge in [0.2, 0.25) is 0 Å². The van der Waals surface area contributed by atoms with Crippen molar-refractivity contribution in [1.29, 1.82) is 0 Å². The molecule has 0 saturated carbocycles. The molecule has 3 aromatic rings. The molecule has 1 unspecified atom stereocenters. The van der Waals surface area contributed by atoms with Crippen molar-refractivity contribution in [3.05, 3.63) is 46.0 Å². The van der Waals surface area contributed by atoms with Crippen LogP contribution in [0.25, 0.3) is 10.9 Å². The van der Waals surface area contributed by atoms with Crippen molar-refractivity contribution in [3.8, 4) is 0 Å². The molecule has 2 aromatic heterocycles. The third kappa shape index (κ3) is 2.30. The molecule has 1 atom stereocenters. The van der Waals surface area contributed by atoms with E-state index in [0.29, 0.717) is 5.69 Å². The average Bonchev–Trinajstić information content (AvgIpc) is 3.04. The van der Waals surface area contributed by atoms with E-state index in [1.54, 1.807) is 11.3 Å². The minimum absolute atomic E-state index is 0.128. The maximum Gasteiger partial charge on any atom is 0.272 e. The number of benzene rings is 1. The smallest absolute Gasteiger partial charge is 0.272 e. The van der Waals surface area contributed by atoms with Gasteiger partial charge < -0.3 is 5.32 Å². The predicted molar refractivity (Wildman–Crippen MR) is 78.8 cm³/mol. The first-order chi connectivity index (χ1) is 9.65. The van der Waals surface area contributed by atoms with E-state index in [-0.39, 0.29) is 11.9 Å². The van der Waals surface area contributed by atoms with Gasteiger partial charge in [0.05, 0.1) is 11.6 Å². The number of thiazole rings is 1. The molecule has 3 rings (SSSR count). The van der Waals surface area contributed by atoms with Crippen molar-refractivity contribution < 1.29 is 4.79 Å². The number of aryl methyl sites for hydroxylation is 1. The van der Waals surface area contributed by atoms with Crippen LogP contribution in [0.5, 0.6) is 0 Å². The number of carbonyl (C=O) groups excluding carboxylic acids is 1. The second-order valence-corrected chi connectivity index (χ2v) is 5.89. The summed E-state index contributed by atoms with van der Waals surface area (Å²) in [6, 6.07) is 7.45. The number of aromatic nitrogens is 3. The van der Waals surface area contributed by atoms with Gasteiger partial charge in [0.15, 0.2) is 5.69 Å². The molecule has 20 heavy (non-hydrogen) atoms. The Bertz CT molecular complexity index is 761. The summed E-state index contributed by atoms with van der Waals surface area (Å²) >= 11 is 1.58. The van der Waals surface area contributed by atoms with E-state index in [9.17, 15) is 4.79 Å². The summed E-state index contributed by atoms with van der Waals surface area (Å²) in [4.78, 5) is 17.7. The van der Waals surface area contributed by atoms with Crippen molar-refractivity contribution >= 4 is 28.1 Å². The lowest BCUT2D eigenvalue weighted by molar-refractivity contribution is 0.0936. The molecule has 2 heterocycles. The maximum absolute atomic E-state index is 12.3. The molecule has 1 amide bonds. The molecule has 1 aromatic carbocycles. The van der Waals surface area contributed by atoms with Crippen LogP contribution in [-0.4, -0.2) is 21.1 Å². The highest BCUT2D eigenvalue weighted by Gasteiger charge is 2.18. The van der Waals surface area contributed by atoms with Crippen LogP contribution in [0.3, 0.4) is 0 Å². The zero-order valence-corrected chi connectivity index (χ0v) is 12.0. The molecule has 0 radical (unpaired) electrons. The number of fused-ring (bicyclic) bond motifs is 1. The van der Waals surface area contributed by atoms with Crippen LogP contribution < -0.4 is 5.32 Å². The maximum atomic E-state index is 12.3. The first-order valence-electron chi connectivity index (χ1n) is 6.31. The molecule has 0 bridgehead atoms. The van der Waals surface area contributed by atoms with Crippen LogP contribution in [0.4, 0.5) is 0 Å². The number of amides is 1. The van der Waals surface area contributed by atoms with Crippen LogP contribution in [0.2, 0.25) is 0 Å². The van der Waals surface area contributed by atoms with Crippen LogP contribution in [0.1, 0.15) is 33.3 Å². The zero-order valence-electron chi connectivity index (χ0n) is 11.2. The topological polar surface area (TPSA) is 70.7 Å². The van der Waals surface area contributed by atoms with E-state index in [1.165, 1.54) is 0 Å². The van der Waals surface area contributed by atoms with Crippen molar-refractivity contribution in [2.75, 3.05) is 0 Å². The first kappa shape index (κ1) is 12.8. The van der Waals surface area contributed by atoms with Gasteiger partial charge in [0, 0.05) is 16.5 Å². The Morgan fingerprint density at radius 3 is 2.95 bits per heavy atom. The monoisotopic (exact) mass is 286 g/mol. The van der Waals surface area contributed by atoms with Crippen LogP contribution in [0.15, 0.2) is 30.5 Å². The number of H-pyrrole nitrogens is 1. The summed E-state index contributed by atoms with van der Waals surface area (Å²) in [7, 11) is 0. The fraction of sp³-hybridized carbons (Fsp3) is 0.214. The summed E-state index contributed by atoms with van der Waals surface area (Å²) in [5.41, 5.74) is 1.27. The molecule has 0 fully saturated rings. The van der Waals surface area contributed by atoms with E-state index >= 15 is 0 Å². The molecular formula is C14H14N4OS. The lowest BCUT2D eigenvalue weighted by Crippen LogP contribution is -2.27. The van der Waals surface area contributed by atoms with Gasteiger partial charge in [-0.25, -0.2) is 4.98 Å². The van der Waals surface area contributed by atoms with Crippen molar-refractivity contribution in [2.45, 2.75) is 19.9 Å².